The highest BCUT2D eigenvalue weighted by Gasteiger charge is 2.29. The van der Waals surface area contributed by atoms with Crippen molar-refractivity contribution in [3.05, 3.63) is 34.7 Å². The molecule has 1 unspecified atom stereocenters. The summed E-state index contributed by atoms with van der Waals surface area (Å²) in [5, 5.41) is 23.4. The Morgan fingerprint density at radius 1 is 1.83 bits per heavy atom. The number of aromatic nitrogens is 2. The maximum Gasteiger partial charge on any atom is 0.312 e. The van der Waals surface area contributed by atoms with E-state index in [4.69, 9.17) is 9.84 Å². The second kappa shape index (κ2) is 5.92. The van der Waals surface area contributed by atoms with Gasteiger partial charge in [-0.2, -0.15) is 5.10 Å². The Balaban J connectivity index is 3.10. The number of nitro groups is 1. The molecule has 0 radical (unpaired) electrons. The molecule has 0 aliphatic carbocycles. The second-order valence-electron chi connectivity index (χ2n) is 3.50. The minimum Gasteiger partial charge on any atom is -0.481 e. The highest BCUT2D eigenvalue weighted by molar-refractivity contribution is 5.68. The van der Waals surface area contributed by atoms with Gasteiger partial charge in [0.25, 0.3) is 0 Å². The van der Waals surface area contributed by atoms with E-state index in [9.17, 15) is 14.9 Å². The van der Waals surface area contributed by atoms with Gasteiger partial charge in [0.15, 0.2) is 0 Å². The average Bonchev–Trinajstić information content (AvgIpc) is 2.66. The zero-order chi connectivity index (χ0) is 13.7. The van der Waals surface area contributed by atoms with Crippen LogP contribution in [0.4, 0.5) is 5.69 Å². The molecule has 1 heterocycles. The summed E-state index contributed by atoms with van der Waals surface area (Å²) in [7, 11) is 1.49. The Labute approximate surface area is 103 Å². The van der Waals surface area contributed by atoms with Crippen LogP contribution < -0.4 is 0 Å². The van der Waals surface area contributed by atoms with E-state index in [2.05, 4.69) is 11.7 Å². The number of rotatable bonds is 7. The van der Waals surface area contributed by atoms with Gasteiger partial charge >= 0.3 is 11.7 Å². The van der Waals surface area contributed by atoms with Crippen LogP contribution in [0.5, 0.6) is 0 Å². The van der Waals surface area contributed by atoms with Crippen LogP contribution in [0.2, 0.25) is 0 Å². The summed E-state index contributed by atoms with van der Waals surface area (Å²) < 4.78 is 6.50. The van der Waals surface area contributed by atoms with E-state index >= 15 is 0 Å². The molecule has 8 heteroatoms. The normalized spacial score (nSPS) is 12.1. The molecule has 0 aliphatic heterocycles. The van der Waals surface area contributed by atoms with Gasteiger partial charge in [-0.15, -0.1) is 6.58 Å². The van der Waals surface area contributed by atoms with Gasteiger partial charge in [0.05, 0.1) is 18.0 Å². The first-order valence-electron chi connectivity index (χ1n) is 5.08. The van der Waals surface area contributed by atoms with E-state index in [0.717, 1.165) is 6.20 Å². The summed E-state index contributed by atoms with van der Waals surface area (Å²) in [4.78, 5) is 21.0. The van der Waals surface area contributed by atoms with Crippen molar-refractivity contribution in [3.8, 4) is 0 Å². The van der Waals surface area contributed by atoms with E-state index in [0.29, 0.717) is 0 Å². The number of carbonyl (C=O) groups is 1. The molecule has 0 amide bonds. The summed E-state index contributed by atoms with van der Waals surface area (Å²) in [5.41, 5.74) is -0.128. The third-order valence-electron chi connectivity index (χ3n) is 2.24. The molecule has 1 atom stereocenters. The van der Waals surface area contributed by atoms with Crippen molar-refractivity contribution in [2.24, 2.45) is 7.05 Å². The predicted molar refractivity (Wildman–Crippen MR) is 61.0 cm³/mol. The quantitative estimate of drug-likeness (QED) is 0.443. The number of hydrogen-bond donors (Lipinski definition) is 1. The minimum atomic E-state index is -1.11. The van der Waals surface area contributed by atoms with Crippen LogP contribution in [0, 0.1) is 10.1 Å². The Morgan fingerprint density at radius 2 is 2.50 bits per heavy atom. The van der Waals surface area contributed by atoms with Crippen molar-refractivity contribution in [1.29, 1.82) is 0 Å². The zero-order valence-corrected chi connectivity index (χ0v) is 9.78. The lowest BCUT2D eigenvalue weighted by molar-refractivity contribution is -0.386. The fraction of sp³-hybridized carbons (Fsp3) is 0.400. The lowest BCUT2D eigenvalue weighted by atomic mass is 10.1. The largest absolute Gasteiger partial charge is 0.481 e. The van der Waals surface area contributed by atoms with Gasteiger partial charge in [0.1, 0.15) is 18.0 Å². The number of ether oxygens (including phenoxy) is 1. The predicted octanol–water partition coefficient (Wildman–Crippen LogP) is 1.05. The van der Waals surface area contributed by atoms with Crippen LogP contribution in [0.15, 0.2) is 18.9 Å². The lowest BCUT2D eigenvalue weighted by Gasteiger charge is -2.14. The molecule has 0 aromatic carbocycles. The third kappa shape index (κ3) is 3.14. The van der Waals surface area contributed by atoms with E-state index < -0.39 is 17.0 Å². The van der Waals surface area contributed by atoms with Gasteiger partial charge in [-0.1, -0.05) is 6.08 Å². The number of nitrogens with zero attached hydrogens (tertiary/aromatic N) is 3. The highest BCUT2D eigenvalue weighted by atomic mass is 16.6. The topological polar surface area (TPSA) is 107 Å². The second-order valence-corrected chi connectivity index (χ2v) is 3.50. The highest BCUT2D eigenvalue weighted by Crippen LogP contribution is 2.29. The van der Waals surface area contributed by atoms with E-state index in [1.54, 1.807) is 0 Å². The average molecular weight is 255 g/mol. The molecule has 0 saturated carbocycles. The number of carboxylic acid groups (broad SMARTS) is 1. The Bertz CT molecular complexity index is 468. The van der Waals surface area contributed by atoms with Crippen LogP contribution in [0.3, 0.4) is 0 Å². The SMILES string of the molecule is C=CCOC(CC(=O)O)c1c([N+](=O)[O-])cnn1C. The molecule has 18 heavy (non-hydrogen) atoms. The molecule has 0 spiro atoms. The Morgan fingerprint density at radius 3 is 3.00 bits per heavy atom. The first-order valence-corrected chi connectivity index (χ1v) is 5.08. The maximum absolute atomic E-state index is 10.8. The Hall–Kier alpha value is -2.22. The molecule has 1 aromatic heterocycles. The molecule has 1 aromatic rings. The summed E-state index contributed by atoms with van der Waals surface area (Å²) >= 11 is 0. The summed E-state index contributed by atoms with van der Waals surface area (Å²) in [6.45, 7) is 3.54. The van der Waals surface area contributed by atoms with Gasteiger partial charge in [-0.25, -0.2) is 0 Å². The van der Waals surface area contributed by atoms with Gasteiger partial charge in [0.2, 0.25) is 0 Å². The molecule has 98 valence electrons. The van der Waals surface area contributed by atoms with Crippen LogP contribution >= 0.6 is 0 Å². The molecule has 1 rings (SSSR count). The minimum absolute atomic E-state index is 0.0975. The fourth-order valence-corrected chi connectivity index (χ4v) is 1.53. The third-order valence-corrected chi connectivity index (χ3v) is 2.24. The number of hydrogen-bond acceptors (Lipinski definition) is 5. The van der Waals surface area contributed by atoms with Crippen molar-refractivity contribution in [2.45, 2.75) is 12.5 Å². The lowest BCUT2D eigenvalue weighted by Crippen LogP contribution is -2.15. The van der Waals surface area contributed by atoms with Gasteiger partial charge in [-0.05, 0) is 0 Å². The van der Waals surface area contributed by atoms with Gasteiger partial charge in [-0.3, -0.25) is 19.6 Å². The first-order chi connectivity index (χ1) is 8.47. The number of aliphatic carboxylic acids is 1. The van der Waals surface area contributed by atoms with E-state index in [1.165, 1.54) is 17.8 Å². The van der Waals surface area contributed by atoms with Crippen molar-refractivity contribution in [3.63, 3.8) is 0 Å². The summed E-state index contributed by atoms with van der Waals surface area (Å²) in [5.74, 6) is -1.11. The van der Waals surface area contributed by atoms with Crippen LogP contribution in [0.25, 0.3) is 0 Å². The van der Waals surface area contributed by atoms with Crippen molar-refractivity contribution >= 4 is 11.7 Å². The molecule has 8 nitrogen and oxygen atoms in total. The smallest absolute Gasteiger partial charge is 0.312 e. The van der Waals surface area contributed by atoms with Crippen molar-refractivity contribution < 1.29 is 19.6 Å². The molecule has 1 N–H and O–H groups in total. The maximum atomic E-state index is 10.8. The van der Waals surface area contributed by atoms with Crippen LogP contribution in [0.1, 0.15) is 18.2 Å². The van der Waals surface area contributed by atoms with Gasteiger partial charge in [0, 0.05) is 7.05 Å². The fourth-order valence-electron chi connectivity index (χ4n) is 1.53. The van der Waals surface area contributed by atoms with Crippen LogP contribution in [-0.4, -0.2) is 32.4 Å². The van der Waals surface area contributed by atoms with E-state index in [-0.39, 0.29) is 24.4 Å². The van der Waals surface area contributed by atoms with Gasteiger partial charge < -0.3 is 9.84 Å². The monoisotopic (exact) mass is 255 g/mol. The summed E-state index contributed by atoms with van der Waals surface area (Å²) in [6.07, 6.45) is 1.19. The summed E-state index contributed by atoms with van der Waals surface area (Å²) in [6, 6.07) is 0. The Kier molecular flexibility index (Phi) is 4.55. The standard InChI is InChI=1S/C10H13N3O5/c1-3-4-18-8(5-9(14)15)10-7(13(16)17)6-11-12(10)2/h3,6,8H,1,4-5H2,2H3,(H,14,15). The molecule has 0 aliphatic rings. The molecule has 0 bridgehead atoms. The molecular formula is C10H13N3O5. The van der Waals surface area contributed by atoms with Crippen molar-refractivity contribution in [2.75, 3.05) is 6.61 Å². The number of carboxylic acids is 1. The zero-order valence-electron chi connectivity index (χ0n) is 9.78. The molecule has 0 saturated heterocycles. The van der Waals surface area contributed by atoms with Crippen LogP contribution in [-0.2, 0) is 16.6 Å². The number of aryl methyl sites for hydroxylation is 1. The van der Waals surface area contributed by atoms with Crippen molar-refractivity contribution in [1.82, 2.24) is 9.78 Å². The first kappa shape index (κ1) is 13.8. The molecular weight excluding hydrogens is 242 g/mol. The van der Waals surface area contributed by atoms with E-state index in [1.807, 2.05) is 0 Å². The molecule has 0 fully saturated rings.